The quantitative estimate of drug-likeness (QED) is 0.685. The van der Waals surface area contributed by atoms with E-state index in [0.717, 1.165) is 14.2 Å². The van der Waals surface area contributed by atoms with Crippen molar-refractivity contribution >= 4 is 23.5 Å². The van der Waals surface area contributed by atoms with Gasteiger partial charge in [0.1, 0.15) is 11.7 Å². The third-order valence-electron chi connectivity index (χ3n) is 4.15. The summed E-state index contributed by atoms with van der Waals surface area (Å²) in [5.41, 5.74) is -1.39. The summed E-state index contributed by atoms with van der Waals surface area (Å²) in [5.74, 6) is -2.33. The summed E-state index contributed by atoms with van der Waals surface area (Å²) in [5, 5.41) is 0. The van der Waals surface area contributed by atoms with Crippen LogP contribution in [0.2, 0.25) is 0 Å². The third-order valence-corrected chi connectivity index (χ3v) is 4.15. The molecule has 2 atom stereocenters. The van der Waals surface area contributed by atoms with Crippen molar-refractivity contribution in [1.82, 2.24) is 0 Å². The zero-order chi connectivity index (χ0) is 16.5. The summed E-state index contributed by atoms with van der Waals surface area (Å²) in [4.78, 5) is 48.6. The molecule has 1 saturated heterocycles. The van der Waals surface area contributed by atoms with E-state index >= 15 is 0 Å². The smallest absolute Gasteiger partial charge is 0.334 e. The van der Waals surface area contributed by atoms with E-state index in [1.54, 1.807) is 6.92 Å². The summed E-state index contributed by atoms with van der Waals surface area (Å²) in [7, 11) is 2.29. The Kier molecular flexibility index (Phi) is 4.46. The van der Waals surface area contributed by atoms with Gasteiger partial charge >= 0.3 is 11.9 Å². The molecular formula is C15H18O7. The lowest BCUT2D eigenvalue weighted by Gasteiger charge is -2.22. The number of fused-ring (bicyclic) bond motifs is 2. The van der Waals surface area contributed by atoms with Crippen molar-refractivity contribution in [2.24, 2.45) is 0 Å². The Hall–Kier alpha value is -2.02. The Balaban J connectivity index is 2.53. The lowest BCUT2D eigenvalue weighted by molar-refractivity contribution is -0.147. The molecule has 0 spiro atoms. The molecule has 0 amide bonds. The first-order valence-corrected chi connectivity index (χ1v) is 6.95. The molecular weight excluding hydrogens is 292 g/mol. The van der Waals surface area contributed by atoms with Crippen LogP contribution in [0.15, 0.2) is 11.1 Å². The number of methoxy groups -OCH3 is 2. The van der Waals surface area contributed by atoms with Gasteiger partial charge in [0.15, 0.2) is 11.6 Å². The summed E-state index contributed by atoms with van der Waals surface area (Å²) in [6, 6.07) is 0. The summed E-state index contributed by atoms with van der Waals surface area (Å²) in [6.07, 6.45) is -0.558. The molecule has 2 bridgehead atoms. The zero-order valence-electron chi connectivity index (χ0n) is 12.8. The molecule has 2 rings (SSSR count). The van der Waals surface area contributed by atoms with Crippen LogP contribution in [0.5, 0.6) is 0 Å². The third kappa shape index (κ3) is 2.81. The van der Waals surface area contributed by atoms with Crippen LogP contribution in [-0.2, 0) is 33.4 Å². The van der Waals surface area contributed by atoms with E-state index < -0.39 is 23.6 Å². The number of Topliss-reactive ketones (excluding diaryl/α,β-unsaturated/α-hetero) is 2. The van der Waals surface area contributed by atoms with Gasteiger partial charge in [0, 0.05) is 12.8 Å². The highest BCUT2D eigenvalue weighted by molar-refractivity contribution is 6.08. The number of ketones is 2. The monoisotopic (exact) mass is 310 g/mol. The molecule has 0 N–H and O–H groups in total. The molecule has 0 saturated carbocycles. The highest BCUT2D eigenvalue weighted by atomic mass is 16.5. The Morgan fingerprint density at radius 1 is 1.09 bits per heavy atom. The fourth-order valence-corrected chi connectivity index (χ4v) is 2.76. The first kappa shape index (κ1) is 16.4. The van der Waals surface area contributed by atoms with Crippen molar-refractivity contribution < 1.29 is 33.4 Å². The summed E-state index contributed by atoms with van der Waals surface area (Å²) >= 11 is 0. The van der Waals surface area contributed by atoms with Gasteiger partial charge < -0.3 is 14.2 Å². The number of carbonyl (C=O) groups excluding carboxylic acids is 4. The maximum absolute atomic E-state index is 12.5. The van der Waals surface area contributed by atoms with Gasteiger partial charge in [0.2, 0.25) is 0 Å². The number of hydrogen-bond acceptors (Lipinski definition) is 7. The standard InChI is InChI=1S/C15H18O7/c1-15-5-4-11(22-15)10(16)6-8(13(18)20-2)9(7-12(15)17)14(19)21-3/h11H,4-7H2,1-3H3/b9-8-/t11-,15+/m1/s1. The number of carbonyl (C=O) groups is 4. The molecule has 2 heterocycles. The van der Waals surface area contributed by atoms with E-state index in [-0.39, 0.29) is 35.6 Å². The minimum atomic E-state index is -1.12. The number of esters is 2. The van der Waals surface area contributed by atoms with Gasteiger partial charge in [-0.2, -0.15) is 0 Å². The van der Waals surface area contributed by atoms with Gasteiger partial charge in [-0.1, -0.05) is 0 Å². The predicted molar refractivity (Wildman–Crippen MR) is 72.8 cm³/mol. The van der Waals surface area contributed by atoms with Gasteiger partial charge in [-0.25, -0.2) is 9.59 Å². The zero-order valence-corrected chi connectivity index (χ0v) is 12.8. The maximum Gasteiger partial charge on any atom is 0.334 e. The van der Waals surface area contributed by atoms with Crippen molar-refractivity contribution in [3.05, 3.63) is 11.1 Å². The van der Waals surface area contributed by atoms with Gasteiger partial charge in [-0.05, 0) is 19.8 Å². The van der Waals surface area contributed by atoms with E-state index in [0.29, 0.717) is 12.8 Å². The molecule has 7 nitrogen and oxygen atoms in total. The topological polar surface area (TPSA) is 96.0 Å². The number of rotatable bonds is 2. The van der Waals surface area contributed by atoms with E-state index in [9.17, 15) is 19.2 Å². The highest BCUT2D eigenvalue weighted by Crippen LogP contribution is 2.36. The van der Waals surface area contributed by atoms with Gasteiger partial charge in [0.25, 0.3) is 0 Å². The fraction of sp³-hybridized carbons (Fsp3) is 0.600. The van der Waals surface area contributed by atoms with Gasteiger partial charge in [0.05, 0.1) is 25.4 Å². The van der Waals surface area contributed by atoms with Crippen LogP contribution in [0.1, 0.15) is 32.6 Å². The first-order valence-electron chi connectivity index (χ1n) is 6.95. The lowest BCUT2D eigenvalue weighted by Crippen LogP contribution is -2.36. The van der Waals surface area contributed by atoms with E-state index in [1.807, 2.05) is 0 Å². The SMILES string of the molecule is COC(=O)/C1=C(\C(=O)OC)CC(=O)[C@]2(C)CC[C@@H](O2)C(=O)C1. The van der Waals surface area contributed by atoms with Gasteiger partial charge in [-0.3, -0.25) is 9.59 Å². The second kappa shape index (κ2) is 6.00. The molecule has 2 aliphatic heterocycles. The molecule has 0 aromatic rings. The van der Waals surface area contributed by atoms with Crippen LogP contribution >= 0.6 is 0 Å². The Labute approximate surface area is 127 Å². The van der Waals surface area contributed by atoms with Crippen LogP contribution < -0.4 is 0 Å². The minimum absolute atomic E-state index is 0.132. The van der Waals surface area contributed by atoms with Crippen molar-refractivity contribution in [2.45, 2.75) is 44.3 Å². The molecule has 120 valence electrons. The normalized spacial score (nSPS) is 32.0. The van der Waals surface area contributed by atoms with Crippen LogP contribution in [-0.4, -0.2) is 49.4 Å². The van der Waals surface area contributed by atoms with Crippen molar-refractivity contribution in [2.75, 3.05) is 14.2 Å². The average Bonchev–Trinajstić information content (AvgIpc) is 2.92. The van der Waals surface area contributed by atoms with Crippen molar-refractivity contribution in [3.63, 3.8) is 0 Å². The minimum Gasteiger partial charge on any atom is -0.466 e. The second-order valence-electron chi connectivity index (χ2n) is 5.56. The highest BCUT2D eigenvalue weighted by Gasteiger charge is 2.47. The Morgan fingerprint density at radius 2 is 1.64 bits per heavy atom. The van der Waals surface area contributed by atoms with Crippen LogP contribution in [0.3, 0.4) is 0 Å². The molecule has 0 radical (unpaired) electrons. The van der Waals surface area contributed by atoms with E-state index in [4.69, 9.17) is 4.74 Å². The molecule has 0 aliphatic carbocycles. The summed E-state index contributed by atoms with van der Waals surface area (Å²) in [6.45, 7) is 1.60. The predicted octanol–water partition coefficient (Wildman–Crippen LogP) is 0.499. The summed E-state index contributed by atoms with van der Waals surface area (Å²) < 4.78 is 14.9. The molecule has 1 fully saturated rings. The first-order chi connectivity index (χ1) is 10.3. The Bertz CT molecular complexity index is 574. The van der Waals surface area contributed by atoms with E-state index in [1.165, 1.54) is 0 Å². The Morgan fingerprint density at radius 3 is 2.18 bits per heavy atom. The lowest BCUT2D eigenvalue weighted by atomic mass is 9.88. The average molecular weight is 310 g/mol. The molecule has 0 aromatic heterocycles. The molecule has 2 aliphatic rings. The van der Waals surface area contributed by atoms with E-state index in [2.05, 4.69) is 9.47 Å². The van der Waals surface area contributed by atoms with Crippen molar-refractivity contribution in [3.8, 4) is 0 Å². The molecule has 22 heavy (non-hydrogen) atoms. The fourth-order valence-electron chi connectivity index (χ4n) is 2.76. The number of hydrogen-bond donors (Lipinski definition) is 0. The molecule has 0 unspecified atom stereocenters. The largest absolute Gasteiger partial charge is 0.466 e. The molecule has 0 aromatic carbocycles. The van der Waals surface area contributed by atoms with Crippen molar-refractivity contribution in [1.29, 1.82) is 0 Å². The van der Waals surface area contributed by atoms with Gasteiger partial charge in [-0.15, -0.1) is 0 Å². The number of ether oxygens (including phenoxy) is 3. The van der Waals surface area contributed by atoms with Crippen LogP contribution in [0.4, 0.5) is 0 Å². The van der Waals surface area contributed by atoms with Crippen LogP contribution in [0.25, 0.3) is 0 Å². The second-order valence-corrected chi connectivity index (χ2v) is 5.56. The van der Waals surface area contributed by atoms with Crippen LogP contribution in [0, 0.1) is 0 Å². The molecule has 7 heteroatoms. The maximum atomic E-state index is 12.5.